The number of H-pyrrole nitrogens is 1. The first-order valence-electron chi connectivity index (χ1n) is 8.77. The van der Waals surface area contributed by atoms with Crippen LogP contribution in [0.2, 0.25) is 0 Å². The third-order valence-corrected chi connectivity index (χ3v) is 5.42. The van der Waals surface area contributed by atoms with Gasteiger partial charge in [0.2, 0.25) is 0 Å². The minimum atomic E-state index is -4.37. The van der Waals surface area contributed by atoms with Crippen molar-refractivity contribution in [2.45, 2.75) is 30.9 Å². The first-order valence-corrected chi connectivity index (χ1v) is 8.77. The summed E-state index contributed by atoms with van der Waals surface area (Å²) in [5, 5.41) is 10.5. The summed E-state index contributed by atoms with van der Waals surface area (Å²) in [6.07, 6.45) is -0.295. The molecule has 1 aliphatic carbocycles. The maximum Gasteiger partial charge on any atom is 0.416 e. The SMILES string of the molecule is O=C(NCC1(c2cccc(C(F)(F)F)c2)CCC1)c1cccc2cn[nH]c12. The zero-order chi connectivity index (χ0) is 19.1. The Bertz CT molecular complexity index is 989. The smallest absolute Gasteiger partial charge is 0.351 e. The van der Waals surface area contributed by atoms with Gasteiger partial charge in [-0.25, -0.2) is 0 Å². The van der Waals surface area contributed by atoms with E-state index in [0.29, 0.717) is 23.2 Å². The van der Waals surface area contributed by atoms with Gasteiger partial charge in [0.15, 0.2) is 0 Å². The van der Waals surface area contributed by atoms with Crippen LogP contribution >= 0.6 is 0 Å². The number of aromatic nitrogens is 2. The highest BCUT2D eigenvalue weighted by Crippen LogP contribution is 2.44. The zero-order valence-corrected chi connectivity index (χ0v) is 14.4. The highest BCUT2D eigenvalue weighted by molar-refractivity contribution is 6.05. The molecule has 1 amide bonds. The Morgan fingerprint density at radius 2 is 1.96 bits per heavy atom. The van der Waals surface area contributed by atoms with Crippen LogP contribution in [0.25, 0.3) is 10.9 Å². The molecule has 7 heteroatoms. The summed E-state index contributed by atoms with van der Waals surface area (Å²) in [5.74, 6) is -0.261. The maximum atomic E-state index is 13.1. The molecule has 0 radical (unpaired) electrons. The van der Waals surface area contributed by atoms with Crippen molar-refractivity contribution in [1.29, 1.82) is 0 Å². The first kappa shape index (κ1) is 17.6. The van der Waals surface area contributed by atoms with Crippen molar-refractivity contribution in [3.05, 3.63) is 65.4 Å². The van der Waals surface area contributed by atoms with E-state index in [-0.39, 0.29) is 5.91 Å². The number of aromatic amines is 1. The molecule has 140 valence electrons. The molecule has 0 atom stereocenters. The minimum absolute atomic E-state index is 0.261. The predicted molar refractivity (Wildman–Crippen MR) is 95.4 cm³/mol. The topological polar surface area (TPSA) is 57.8 Å². The number of alkyl halides is 3. The molecular formula is C20H18F3N3O. The van der Waals surface area contributed by atoms with Crippen LogP contribution in [0.4, 0.5) is 13.2 Å². The Morgan fingerprint density at radius 3 is 2.67 bits per heavy atom. The fourth-order valence-corrected chi connectivity index (χ4v) is 3.70. The number of carbonyl (C=O) groups is 1. The van der Waals surface area contributed by atoms with E-state index >= 15 is 0 Å². The zero-order valence-electron chi connectivity index (χ0n) is 14.4. The van der Waals surface area contributed by atoms with E-state index in [1.807, 2.05) is 6.07 Å². The van der Waals surface area contributed by atoms with Gasteiger partial charge in [-0.05, 0) is 30.5 Å². The van der Waals surface area contributed by atoms with Gasteiger partial charge < -0.3 is 5.32 Å². The first-order chi connectivity index (χ1) is 12.9. The van der Waals surface area contributed by atoms with Crippen LogP contribution in [0.15, 0.2) is 48.7 Å². The molecule has 1 aliphatic rings. The number of fused-ring (bicyclic) bond motifs is 1. The molecule has 0 aliphatic heterocycles. The molecule has 27 heavy (non-hydrogen) atoms. The lowest BCUT2D eigenvalue weighted by Crippen LogP contribution is -2.45. The predicted octanol–water partition coefficient (Wildman–Crippen LogP) is 4.43. The molecule has 1 fully saturated rings. The van der Waals surface area contributed by atoms with Crippen molar-refractivity contribution in [2.24, 2.45) is 0 Å². The molecule has 2 N–H and O–H groups in total. The largest absolute Gasteiger partial charge is 0.416 e. The van der Waals surface area contributed by atoms with E-state index in [2.05, 4.69) is 15.5 Å². The second-order valence-corrected chi connectivity index (χ2v) is 7.03. The third kappa shape index (κ3) is 3.18. The average Bonchev–Trinajstić information content (AvgIpc) is 3.09. The fourth-order valence-electron chi connectivity index (χ4n) is 3.70. The van der Waals surface area contributed by atoms with Crippen molar-refractivity contribution < 1.29 is 18.0 Å². The van der Waals surface area contributed by atoms with E-state index in [1.54, 1.807) is 24.4 Å². The normalized spacial score (nSPS) is 16.1. The van der Waals surface area contributed by atoms with Crippen molar-refractivity contribution >= 4 is 16.8 Å². The Kier molecular flexibility index (Phi) is 4.17. The van der Waals surface area contributed by atoms with E-state index in [4.69, 9.17) is 0 Å². The Balaban J connectivity index is 1.56. The van der Waals surface area contributed by atoms with Crippen molar-refractivity contribution in [1.82, 2.24) is 15.5 Å². The molecule has 2 aromatic carbocycles. The third-order valence-electron chi connectivity index (χ3n) is 5.42. The van der Waals surface area contributed by atoms with Crippen LogP contribution in [0.5, 0.6) is 0 Å². The van der Waals surface area contributed by atoms with Crippen LogP contribution in [0, 0.1) is 0 Å². The number of hydrogen-bond donors (Lipinski definition) is 2. The van der Waals surface area contributed by atoms with E-state index in [0.717, 1.165) is 30.7 Å². The van der Waals surface area contributed by atoms with Gasteiger partial charge in [-0.15, -0.1) is 0 Å². The van der Waals surface area contributed by atoms with Crippen LogP contribution < -0.4 is 5.32 Å². The number of nitrogens with one attached hydrogen (secondary N) is 2. The second-order valence-electron chi connectivity index (χ2n) is 7.03. The Hall–Kier alpha value is -2.83. The lowest BCUT2D eigenvalue weighted by molar-refractivity contribution is -0.137. The van der Waals surface area contributed by atoms with Gasteiger partial charge in [0, 0.05) is 17.3 Å². The second kappa shape index (κ2) is 6.40. The maximum absolute atomic E-state index is 13.1. The molecule has 1 heterocycles. The molecule has 1 saturated carbocycles. The number of carbonyl (C=O) groups excluding carboxylic acids is 1. The van der Waals surface area contributed by atoms with Gasteiger partial charge in [0.1, 0.15) is 0 Å². The van der Waals surface area contributed by atoms with Crippen molar-refractivity contribution in [3.8, 4) is 0 Å². The lowest BCUT2D eigenvalue weighted by atomic mass is 9.64. The van der Waals surface area contributed by atoms with Gasteiger partial charge in [-0.2, -0.15) is 18.3 Å². The lowest BCUT2D eigenvalue weighted by Gasteiger charge is -2.43. The van der Waals surface area contributed by atoms with E-state index < -0.39 is 17.2 Å². The average molecular weight is 373 g/mol. The summed E-state index contributed by atoms with van der Waals surface area (Å²) < 4.78 is 39.2. The molecule has 0 saturated heterocycles. The van der Waals surface area contributed by atoms with Crippen LogP contribution in [-0.2, 0) is 11.6 Å². The molecule has 0 spiro atoms. The van der Waals surface area contributed by atoms with Gasteiger partial charge in [0.05, 0.1) is 22.8 Å². The molecule has 1 aromatic heterocycles. The highest BCUT2D eigenvalue weighted by atomic mass is 19.4. The number of halogens is 3. The molecule has 4 rings (SSSR count). The summed E-state index contributed by atoms with van der Waals surface area (Å²) in [5.41, 5.74) is 0.655. The summed E-state index contributed by atoms with van der Waals surface area (Å²) in [7, 11) is 0. The standard InChI is InChI=1S/C20H18F3N3O/c21-20(22,23)15-6-2-5-14(10-15)19(8-3-9-19)12-24-18(27)16-7-1-4-13-11-25-26-17(13)16/h1-2,4-7,10-11H,3,8-9,12H2,(H,24,27)(H,25,26). The van der Waals surface area contributed by atoms with Crippen LogP contribution in [0.3, 0.4) is 0 Å². The summed E-state index contributed by atoms with van der Waals surface area (Å²) in [6, 6.07) is 10.8. The van der Waals surface area contributed by atoms with Crippen molar-refractivity contribution in [3.63, 3.8) is 0 Å². The molecule has 0 unspecified atom stereocenters. The quantitative estimate of drug-likeness (QED) is 0.711. The van der Waals surface area contributed by atoms with E-state index in [9.17, 15) is 18.0 Å². The monoisotopic (exact) mass is 373 g/mol. The van der Waals surface area contributed by atoms with Crippen LogP contribution in [-0.4, -0.2) is 22.6 Å². The molecule has 3 aromatic rings. The van der Waals surface area contributed by atoms with Gasteiger partial charge in [0.25, 0.3) is 5.91 Å². The number of amides is 1. The van der Waals surface area contributed by atoms with Gasteiger partial charge >= 0.3 is 6.18 Å². The molecular weight excluding hydrogens is 355 g/mol. The number of para-hydroxylation sites is 1. The van der Waals surface area contributed by atoms with Gasteiger partial charge in [-0.1, -0.05) is 36.8 Å². The Morgan fingerprint density at radius 1 is 1.19 bits per heavy atom. The molecule has 4 nitrogen and oxygen atoms in total. The summed E-state index contributed by atoms with van der Waals surface area (Å²) in [6.45, 7) is 0.303. The van der Waals surface area contributed by atoms with E-state index in [1.165, 1.54) is 12.1 Å². The summed E-state index contributed by atoms with van der Waals surface area (Å²) >= 11 is 0. The Labute approximate surface area is 153 Å². The number of nitrogens with zero attached hydrogens (tertiary/aromatic N) is 1. The number of hydrogen-bond acceptors (Lipinski definition) is 2. The number of rotatable bonds is 4. The summed E-state index contributed by atoms with van der Waals surface area (Å²) in [4.78, 5) is 12.7. The van der Waals surface area contributed by atoms with Gasteiger partial charge in [-0.3, -0.25) is 9.89 Å². The highest BCUT2D eigenvalue weighted by Gasteiger charge is 2.40. The molecule has 0 bridgehead atoms. The number of benzene rings is 2. The minimum Gasteiger partial charge on any atom is -0.351 e. The van der Waals surface area contributed by atoms with Crippen molar-refractivity contribution in [2.75, 3.05) is 6.54 Å². The fraction of sp³-hybridized carbons (Fsp3) is 0.300. The van der Waals surface area contributed by atoms with Crippen LogP contribution in [0.1, 0.15) is 40.7 Å².